The van der Waals surface area contributed by atoms with Crippen LogP contribution in [0.3, 0.4) is 0 Å². The van der Waals surface area contributed by atoms with Gasteiger partial charge in [0.05, 0.1) is 18.5 Å². The molecule has 1 aliphatic rings. The van der Waals surface area contributed by atoms with Crippen LogP contribution in [-0.4, -0.2) is 31.2 Å². The van der Waals surface area contributed by atoms with Crippen LogP contribution in [0, 0.1) is 9.49 Å². The molecule has 0 aromatic heterocycles. The van der Waals surface area contributed by atoms with Crippen LogP contribution in [0.5, 0.6) is 5.75 Å². The van der Waals surface area contributed by atoms with E-state index in [0.29, 0.717) is 17.1 Å². The zero-order valence-corrected chi connectivity index (χ0v) is 15.8. The first-order valence-electron chi connectivity index (χ1n) is 7.63. The van der Waals surface area contributed by atoms with Gasteiger partial charge in [0.1, 0.15) is 5.75 Å². The predicted molar refractivity (Wildman–Crippen MR) is 105 cm³/mol. The number of aliphatic imine (C=N–C) groups is 1. The Morgan fingerprint density at radius 1 is 1.12 bits per heavy atom. The summed E-state index contributed by atoms with van der Waals surface area (Å²) in [5.41, 5.74) is 0.982. The average Bonchev–Trinajstić information content (AvgIpc) is 2.63. The van der Waals surface area contributed by atoms with Gasteiger partial charge in [-0.25, -0.2) is 9.69 Å². The Balaban J connectivity index is 1.89. The van der Waals surface area contributed by atoms with E-state index in [-0.39, 0.29) is 0 Å². The molecule has 0 unspecified atom stereocenters. The van der Waals surface area contributed by atoms with Crippen molar-refractivity contribution in [2.45, 2.75) is 0 Å². The lowest BCUT2D eigenvalue weighted by Crippen LogP contribution is -2.58. The number of barbiturate groups is 1. The number of nitrogens with one attached hydrogen (secondary N) is 1. The molecule has 1 atom stereocenters. The van der Waals surface area contributed by atoms with E-state index in [1.807, 2.05) is 18.2 Å². The average molecular weight is 463 g/mol. The summed E-state index contributed by atoms with van der Waals surface area (Å²) in [7, 11) is 1.52. The number of imide groups is 2. The molecule has 0 bridgehead atoms. The summed E-state index contributed by atoms with van der Waals surface area (Å²) in [5.74, 6) is -1.95. The molecule has 1 N–H and O–H groups in total. The van der Waals surface area contributed by atoms with Crippen LogP contribution in [0.25, 0.3) is 0 Å². The van der Waals surface area contributed by atoms with Crippen molar-refractivity contribution in [1.29, 1.82) is 0 Å². The first kappa shape index (κ1) is 18.1. The standard InChI is InChI=1S/C18H14IN3O4/c1-26-12-8-6-11(7-9-12)22-17(24)13(16(23)21-18(22)25)10-20-15-5-3-2-4-14(15)19/h2-10,13H,1H3,(H,21,23,25)/t13-/m0/s1. The third-order valence-corrected chi connectivity index (χ3v) is 4.66. The number of urea groups is 1. The summed E-state index contributed by atoms with van der Waals surface area (Å²) < 4.78 is 5.95. The van der Waals surface area contributed by atoms with Gasteiger partial charge in [-0.15, -0.1) is 0 Å². The fourth-order valence-electron chi connectivity index (χ4n) is 2.41. The molecule has 3 rings (SSSR count). The van der Waals surface area contributed by atoms with Crippen LogP contribution in [0.15, 0.2) is 53.5 Å². The lowest BCUT2D eigenvalue weighted by atomic mass is 10.1. The van der Waals surface area contributed by atoms with E-state index in [2.05, 4.69) is 32.9 Å². The second-order valence-corrected chi connectivity index (χ2v) is 6.54. The van der Waals surface area contributed by atoms with Crippen LogP contribution < -0.4 is 15.0 Å². The number of methoxy groups -OCH3 is 1. The van der Waals surface area contributed by atoms with Gasteiger partial charge in [-0.1, -0.05) is 12.1 Å². The van der Waals surface area contributed by atoms with Gasteiger partial charge in [-0.2, -0.15) is 0 Å². The Hall–Kier alpha value is -2.75. The largest absolute Gasteiger partial charge is 0.497 e. The molecule has 1 heterocycles. The van der Waals surface area contributed by atoms with Gasteiger partial charge in [0, 0.05) is 9.78 Å². The number of nitrogens with zero attached hydrogens (tertiary/aromatic N) is 2. The number of benzene rings is 2. The summed E-state index contributed by atoms with van der Waals surface area (Å²) in [5, 5.41) is 2.19. The van der Waals surface area contributed by atoms with E-state index in [9.17, 15) is 14.4 Å². The van der Waals surface area contributed by atoms with Crippen molar-refractivity contribution in [1.82, 2.24) is 5.32 Å². The number of amides is 4. The molecule has 0 aliphatic carbocycles. The molecular formula is C18H14IN3O4. The summed E-state index contributed by atoms with van der Waals surface area (Å²) in [6.45, 7) is 0. The molecule has 8 heteroatoms. The lowest BCUT2D eigenvalue weighted by Gasteiger charge is -2.28. The normalized spacial score (nSPS) is 17.5. The maximum absolute atomic E-state index is 12.7. The number of halogens is 1. The van der Waals surface area contributed by atoms with Crippen molar-refractivity contribution in [3.63, 3.8) is 0 Å². The summed E-state index contributed by atoms with van der Waals surface area (Å²) in [4.78, 5) is 42.1. The number of para-hydroxylation sites is 1. The van der Waals surface area contributed by atoms with Crippen LogP contribution in [0.4, 0.5) is 16.2 Å². The van der Waals surface area contributed by atoms with Crippen LogP contribution in [0.2, 0.25) is 0 Å². The number of carbonyl (C=O) groups excluding carboxylic acids is 3. The minimum Gasteiger partial charge on any atom is -0.497 e. The van der Waals surface area contributed by atoms with E-state index in [1.165, 1.54) is 13.3 Å². The third-order valence-electron chi connectivity index (χ3n) is 3.75. The van der Waals surface area contributed by atoms with Crippen molar-refractivity contribution < 1.29 is 19.1 Å². The van der Waals surface area contributed by atoms with Crippen LogP contribution in [0.1, 0.15) is 0 Å². The Labute approximate surface area is 163 Å². The highest BCUT2D eigenvalue weighted by molar-refractivity contribution is 14.1. The number of hydrogen-bond acceptors (Lipinski definition) is 5. The smallest absolute Gasteiger partial charge is 0.335 e. The van der Waals surface area contributed by atoms with Gasteiger partial charge < -0.3 is 4.74 Å². The van der Waals surface area contributed by atoms with E-state index < -0.39 is 23.8 Å². The monoisotopic (exact) mass is 463 g/mol. The molecule has 1 fully saturated rings. The summed E-state index contributed by atoms with van der Waals surface area (Å²) in [6, 6.07) is 12.9. The zero-order chi connectivity index (χ0) is 18.7. The van der Waals surface area contributed by atoms with Crippen LogP contribution in [-0.2, 0) is 9.59 Å². The van der Waals surface area contributed by atoms with Crippen molar-refractivity contribution in [2.24, 2.45) is 10.9 Å². The Kier molecular flexibility index (Phi) is 5.31. The maximum atomic E-state index is 12.7. The third kappa shape index (κ3) is 3.59. The molecule has 0 spiro atoms. The van der Waals surface area contributed by atoms with Gasteiger partial charge in [-0.3, -0.25) is 19.9 Å². The number of carbonyl (C=O) groups is 3. The maximum Gasteiger partial charge on any atom is 0.335 e. The van der Waals surface area contributed by atoms with Gasteiger partial charge in [0.2, 0.25) is 5.91 Å². The van der Waals surface area contributed by atoms with Crippen molar-refractivity contribution in [3.05, 3.63) is 52.1 Å². The number of rotatable bonds is 4. The highest BCUT2D eigenvalue weighted by Crippen LogP contribution is 2.24. The van der Waals surface area contributed by atoms with Crippen molar-refractivity contribution >= 4 is 58.0 Å². The van der Waals surface area contributed by atoms with Crippen molar-refractivity contribution in [2.75, 3.05) is 12.0 Å². The fraction of sp³-hybridized carbons (Fsp3) is 0.111. The molecule has 132 valence electrons. The molecule has 26 heavy (non-hydrogen) atoms. The van der Waals surface area contributed by atoms with Gasteiger partial charge in [0.15, 0.2) is 5.92 Å². The molecule has 0 saturated carbocycles. The van der Waals surface area contributed by atoms with E-state index in [0.717, 1.165) is 8.47 Å². The minimum absolute atomic E-state index is 0.341. The van der Waals surface area contributed by atoms with Gasteiger partial charge in [-0.05, 0) is 59.0 Å². The lowest BCUT2D eigenvalue weighted by molar-refractivity contribution is -0.131. The first-order chi connectivity index (χ1) is 12.5. The molecule has 4 amide bonds. The summed E-state index contributed by atoms with van der Waals surface area (Å²) in [6.07, 6.45) is 1.26. The fourth-order valence-corrected chi connectivity index (χ4v) is 2.94. The minimum atomic E-state index is -1.19. The van der Waals surface area contributed by atoms with E-state index in [4.69, 9.17) is 4.74 Å². The Morgan fingerprint density at radius 2 is 1.81 bits per heavy atom. The molecule has 2 aromatic carbocycles. The number of hydrogen-bond donors (Lipinski definition) is 1. The highest BCUT2D eigenvalue weighted by Gasteiger charge is 2.40. The zero-order valence-electron chi connectivity index (χ0n) is 13.7. The van der Waals surface area contributed by atoms with Gasteiger partial charge in [0.25, 0.3) is 5.91 Å². The van der Waals surface area contributed by atoms with Gasteiger partial charge >= 0.3 is 6.03 Å². The topological polar surface area (TPSA) is 88.1 Å². The second-order valence-electron chi connectivity index (χ2n) is 5.37. The predicted octanol–water partition coefficient (Wildman–Crippen LogP) is 2.90. The quantitative estimate of drug-likeness (QED) is 0.429. The molecule has 1 aliphatic heterocycles. The Bertz CT molecular complexity index is 896. The number of ether oxygens (including phenoxy) is 1. The number of anilines is 1. The van der Waals surface area contributed by atoms with Crippen LogP contribution >= 0.6 is 22.6 Å². The summed E-state index contributed by atoms with van der Waals surface area (Å²) >= 11 is 2.11. The SMILES string of the molecule is COc1ccc(N2C(=O)NC(=O)[C@H](C=Nc3ccccc3I)C2=O)cc1. The molecule has 7 nitrogen and oxygen atoms in total. The first-order valence-corrected chi connectivity index (χ1v) is 8.70. The van der Waals surface area contributed by atoms with E-state index >= 15 is 0 Å². The highest BCUT2D eigenvalue weighted by atomic mass is 127. The second kappa shape index (κ2) is 7.65. The molecule has 0 radical (unpaired) electrons. The Morgan fingerprint density at radius 3 is 2.46 bits per heavy atom. The van der Waals surface area contributed by atoms with Crippen molar-refractivity contribution in [3.8, 4) is 5.75 Å². The van der Waals surface area contributed by atoms with E-state index in [1.54, 1.807) is 30.3 Å². The molecule has 2 aromatic rings. The molecule has 1 saturated heterocycles. The molecular weight excluding hydrogens is 449 g/mol.